The molecule has 0 bridgehead atoms. The van der Waals surface area contributed by atoms with Gasteiger partial charge in [-0.25, -0.2) is 4.98 Å². The first-order valence-corrected chi connectivity index (χ1v) is 6.34. The van der Waals surface area contributed by atoms with E-state index < -0.39 is 5.95 Å². The zero-order valence-electron chi connectivity index (χ0n) is 10.6. The first-order valence-electron chi connectivity index (χ1n) is 6.34. The minimum atomic E-state index is -0.730. The average molecular weight is 268 g/mol. The van der Waals surface area contributed by atoms with Gasteiger partial charge in [0.15, 0.2) is 0 Å². The molecule has 1 aromatic heterocycles. The Morgan fingerprint density at radius 2 is 2.26 bits per heavy atom. The van der Waals surface area contributed by atoms with Crippen LogP contribution in [0, 0.1) is 5.95 Å². The minimum absolute atomic E-state index is 0.0000405. The lowest BCUT2D eigenvalue weighted by Gasteiger charge is -2.31. The molecule has 0 aliphatic carbocycles. The van der Waals surface area contributed by atoms with E-state index in [4.69, 9.17) is 9.84 Å². The number of aliphatic hydroxyl groups is 1. The number of likely N-dealkylation sites (tertiary alicyclic amines) is 1. The fourth-order valence-electron chi connectivity index (χ4n) is 2.16. The molecule has 1 fully saturated rings. The maximum Gasteiger partial charge on any atom is 0.258 e. The summed E-state index contributed by atoms with van der Waals surface area (Å²) in [5, 5.41) is 8.68. The molecule has 1 amide bonds. The van der Waals surface area contributed by atoms with E-state index in [9.17, 15) is 9.18 Å². The van der Waals surface area contributed by atoms with Gasteiger partial charge in [-0.05, 0) is 25.0 Å². The first-order chi connectivity index (χ1) is 9.22. The molecule has 0 unspecified atom stereocenters. The van der Waals surface area contributed by atoms with Gasteiger partial charge >= 0.3 is 0 Å². The van der Waals surface area contributed by atoms with Gasteiger partial charge in [0.25, 0.3) is 5.91 Å². The van der Waals surface area contributed by atoms with Crippen molar-refractivity contribution in [1.29, 1.82) is 0 Å². The van der Waals surface area contributed by atoms with Crippen molar-refractivity contribution in [3.8, 4) is 0 Å². The molecule has 1 aliphatic rings. The van der Waals surface area contributed by atoms with E-state index in [0.29, 0.717) is 32.5 Å². The van der Waals surface area contributed by atoms with Crippen molar-refractivity contribution in [1.82, 2.24) is 9.88 Å². The lowest BCUT2D eigenvalue weighted by Crippen LogP contribution is -2.41. The van der Waals surface area contributed by atoms with Gasteiger partial charge in [0.2, 0.25) is 5.95 Å². The van der Waals surface area contributed by atoms with Crippen molar-refractivity contribution in [2.75, 3.05) is 26.3 Å². The molecule has 0 radical (unpaired) electrons. The smallest absolute Gasteiger partial charge is 0.258 e. The van der Waals surface area contributed by atoms with E-state index in [0.717, 1.165) is 0 Å². The Morgan fingerprint density at radius 1 is 1.53 bits per heavy atom. The van der Waals surface area contributed by atoms with Crippen molar-refractivity contribution in [3.05, 3.63) is 29.8 Å². The molecule has 2 rings (SSSR count). The van der Waals surface area contributed by atoms with Crippen molar-refractivity contribution in [3.63, 3.8) is 0 Å². The van der Waals surface area contributed by atoms with Crippen molar-refractivity contribution >= 4 is 5.91 Å². The molecular formula is C13H17FN2O3. The van der Waals surface area contributed by atoms with Gasteiger partial charge in [0.05, 0.1) is 24.9 Å². The molecule has 1 aromatic rings. The summed E-state index contributed by atoms with van der Waals surface area (Å²) in [6, 6.07) is 2.99. The SMILES string of the molecule is O=C(c1cccnc1F)N1CCC(OCCO)CC1. The number of hydrogen-bond acceptors (Lipinski definition) is 4. The molecule has 0 spiro atoms. The topological polar surface area (TPSA) is 62.7 Å². The largest absolute Gasteiger partial charge is 0.394 e. The number of rotatable bonds is 4. The second kappa shape index (κ2) is 6.58. The number of piperidine rings is 1. The quantitative estimate of drug-likeness (QED) is 0.822. The predicted molar refractivity (Wildman–Crippen MR) is 66.2 cm³/mol. The molecule has 6 heteroatoms. The van der Waals surface area contributed by atoms with Crippen molar-refractivity contribution < 1.29 is 19.0 Å². The fourth-order valence-corrected chi connectivity index (χ4v) is 2.16. The summed E-state index contributed by atoms with van der Waals surface area (Å²) in [5.41, 5.74) is 0.0113. The monoisotopic (exact) mass is 268 g/mol. The van der Waals surface area contributed by atoms with E-state index >= 15 is 0 Å². The molecular weight excluding hydrogens is 251 g/mol. The Balaban J connectivity index is 1.91. The van der Waals surface area contributed by atoms with Crippen LogP contribution < -0.4 is 0 Å². The summed E-state index contributed by atoms with van der Waals surface area (Å²) in [4.78, 5) is 17.2. The van der Waals surface area contributed by atoms with Crippen LogP contribution in [0.25, 0.3) is 0 Å². The summed E-state index contributed by atoms with van der Waals surface area (Å²) in [6.45, 7) is 1.38. The number of nitrogens with zero attached hydrogens (tertiary/aromatic N) is 2. The van der Waals surface area contributed by atoms with Gasteiger partial charge in [0.1, 0.15) is 0 Å². The molecule has 5 nitrogen and oxygen atoms in total. The third kappa shape index (κ3) is 3.48. The Hall–Kier alpha value is -1.53. The number of carbonyl (C=O) groups excluding carboxylic acids is 1. The van der Waals surface area contributed by atoms with Crippen LogP contribution in [0.1, 0.15) is 23.2 Å². The van der Waals surface area contributed by atoms with Gasteiger partial charge in [-0.1, -0.05) is 0 Å². The fraction of sp³-hybridized carbons (Fsp3) is 0.538. The standard InChI is InChI=1S/C13H17FN2O3/c14-12-11(2-1-5-15-12)13(18)16-6-3-10(4-7-16)19-9-8-17/h1-2,5,10,17H,3-4,6-9H2. The van der Waals surface area contributed by atoms with Crippen molar-refractivity contribution in [2.45, 2.75) is 18.9 Å². The first kappa shape index (κ1) is 13.9. The number of hydrogen-bond donors (Lipinski definition) is 1. The van der Waals surface area contributed by atoms with Gasteiger partial charge < -0.3 is 14.7 Å². The second-order valence-corrected chi connectivity index (χ2v) is 4.43. The van der Waals surface area contributed by atoms with Crippen LogP contribution in [-0.2, 0) is 4.74 Å². The molecule has 0 saturated carbocycles. The normalized spacial score (nSPS) is 16.6. The van der Waals surface area contributed by atoms with E-state index in [2.05, 4.69) is 4.98 Å². The zero-order valence-corrected chi connectivity index (χ0v) is 10.6. The van der Waals surface area contributed by atoms with Crippen LogP contribution in [0.15, 0.2) is 18.3 Å². The molecule has 0 atom stereocenters. The Morgan fingerprint density at radius 3 is 2.89 bits per heavy atom. The molecule has 0 aromatic carbocycles. The Bertz CT molecular complexity index is 434. The maximum atomic E-state index is 13.4. The van der Waals surface area contributed by atoms with Crippen LogP contribution in [0.2, 0.25) is 0 Å². The molecule has 1 aliphatic heterocycles. The van der Waals surface area contributed by atoms with E-state index in [1.807, 2.05) is 0 Å². The summed E-state index contributed by atoms with van der Waals surface area (Å²) >= 11 is 0. The molecule has 2 heterocycles. The van der Waals surface area contributed by atoms with Crippen LogP contribution >= 0.6 is 0 Å². The molecule has 1 N–H and O–H groups in total. The highest BCUT2D eigenvalue weighted by atomic mass is 19.1. The summed E-state index contributed by atoms with van der Waals surface area (Å²) in [6.07, 6.45) is 2.79. The van der Waals surface area contributed by atoms with E-state index in [-0.39, 0.29) is 24.2 Å². The predicted octanol–water partition coefficient (Wildman–Crippen LogP) is 0.834. The summed E-state index contributed by atoms with van der Waals surface area (Å²) in [5.74, 6) is -1.06. The molecule has 19 heavy (non-hydrogen) atoms. The number of pyridine rings is 1. The summed E-state index contributed by atoms with van der Waals surface area (Å²) in [7, 11) is 0. The number of halogens is 1. The highest BCUT2D eigenvalue weighted by molar-refractivity contribution is 5.94. The minimum Gasteiger partial charge on any atom is -0.394 e. The van der Waals surface area contributed by atoms with E-state index in [1.165, 1.54) is 12.3 Å². The van der Waals surface area contributed by atoms with Gasteiger partial charge in [-0.2, -0.15) is 4.39 Å². The maximum absolute atomic E-state index is 13.4. The number of aliphatic hydroxyl groups excluding tert-OH is 1. The summed E-state index contributed by atoms with van der Waals surface area (Å²) < 4.78 is 18.8. The van der Waals surface area contributed by atoms with E-state index in [1.54, 1.807) is 11.0 Å². The van der Waals surface area contributed by atoms with Gasteiger partial charge in [-0.15, -0.1) is 0 Å². The van der Waals surface area contributed by atoms with Crippen LogP contribution in [0.3, 0.4) is 0 Å². The number of aromatic nitrogens is 1. The average Bonchev–Trinajstić information content (AvgIpc) is 2.45. The van der Waals surface area contributed by atoms with Gasteiger partial charge in [0, 0.05) is 19.3 Å². The van der Waals surface area contributed by atoms with Crippen LogP contribution in [0.5, 0.6) is 0 Å². The zero-order chi connectivity index (χ0) is 13.7. The van der Waals surface area contributed by atoms with Crippen molar-refractivity contribution in [2.24, 2.45) is 0 Å². The Kier molecular flexibility index (Phi) is 4.81. The number of amides is 1. The highest BCUT2D eigenvalue weighted by Crippen LogP contribution is 2.17. The van der Waals surface area contributed by atoms with Crippen LogP contribution in [0.4, 0.5) is 4.39 Å². The third-order valence-corrected chi connectivity index (χ3v) is 3.16. The molecule has 1 saturated heterocycles. The number of carbonyl (C=O) groups is 1. The van der Waals surface area contributed by atoms with Crippen LogP contribution in [-0.4, -0.2) is 53.3 Å². The second-order valence-electron chi connectivity index (χ2n) is 4.43. The van der Waals surface area contributed by atoms with Gasteiger partial charge in [-0.3, -0.25) is 4.79 Å². The third-order valence-electron chi connectivity index (χ3n) is 3.16. The lowest BCUT2D eigenvalue weighted by molar-refractivity contribution is -0.00563. The number of ether oxygens (including phenoxy) is 1. The Labute approximate surface area is 111 Å². The lowest BCUT2D eigenvalue weighted by atomic mass is 10.1. The molecule has 104 valence electrons. The highest BCUT2D eigenvalue weighted by Gasteiger charge is 2.25.